The first-order valence-corrected chi connectivity index (χ1v) is 6.48. The van der Waals surface area contributed by atoms with Crippen molar-refractivity contribution in [3.8, 4) is 11.5 Å². The number of amides is 1. The molecule has 5 heteroatoms. The Morgan fingerprint density at radius 2 is 2.21 bits per heavy atom. The van der Waals surface area contributed by atoms with Crippen LogP contribution in [0.3, 0.4) is 0 Å². The number of ether oxygens (including phenoxy) is 2. The minimum atomic E-state index is -0.543. The van der Waals surface area contributed by atoms with Crippen molar-refractivity contribution in [1.29, 1.82) is 0 Å². The van der Waals surface area contributed by atoms with E-state index in [0.717, 1.165) is 18.4 Å². The van der Waals surface area contributed by atoms with Crippen molar-refractivity contribution in [3.63, 3.8) is 0 Å². The lowest BCUT2D eigenvalue weighted by Crippen LogP contribution is -2.37. The molecule has 1 aliphatic rings. The third-order valence-electron chi connectivity index (χ3n) is 3.06. The van der Waals surface area contributed by atoms with Crippen molar-refractivity contribution in [1.82, 2.24) is 5.32 Å². The van der Waals surface area contributed by atoms with Crippen LogP contribution < -0.4 is 20.5 Å². The number of benzene rings is 1. The average molecular weight is 264 g/mol. The molecule has 0 saturated heterocycles. The van der Waals surface area contributed by atoms with Crippen LogP contribution in [0.15, 0.2) is 18.2 Å². The zero-order valence-corrected chi connectivity index (χ0v) is 11.3. The molecule has 0 heterocycles. The van der Waals surface area contributed by atoms with Gasteiger partial charge in [0.15, 0.2) is 17.6 Å². The molecule has 1 amide bonds. The maximum atomic E-state index is 11.8. The van der Waals surface area contributed by atoms with Crippen LogP contribution in [-0.2, 0) is 11.3 Å². The van der Waals surface area contributed by atoms with E-state index in [-0.39, 0.29) is 5.91 Å². The maximum Gasteiger partial charge on any atom is 0.260 e. The summed E-state index contributed by atoms with van der Waals surface area (Å²) in [6.45, 7) is 2.17. The first kappa shape index (κ1) is 13.7. The second-order valence-electron chi connectivity index (χ2n) is 4.73. The standard InChI is InChI=1S/C14H20N2O3/c1-9(14(17)16-11-4-5-11)19-12-6-3-10(8-15)7-13(12)18-2/h3,6-7,9,11H,4-5,8,15H2,1-2H3,(H,16,17). The Morgan fingerprint density at radius 1 is 1.47 bits per heavy atom. The molecule has 2 rings (SSSR count). The van der Waals surface area contributed by atoms with Crippen molar-refractivity contribution < 1.29 is 14.3 Å². The van der Waals surface area contributed by atoms with Gasteiger partial charge in [0.25, 0.3) is 5.91 Å². The Labute approximate surface area is 113 Å². The number of methoxy groups -OCH3 is 1. The molecule has 1 aromatic carbocycles. The summed E-state index contributed by atoms with van der Waals surface area (Å²) < 4.78 is 10.9. The molecule has 1 aromatic rings. The van der Waals surface area contributed by atoms with E-state index >= 15 is 0 Å². The summed E-state index contributed by atoms with van der Waals surface area (Å²) in [4.78, 5) is 11.8. The molecule has 0 aromatic heterocycles. The molecule has 3 N–H and O–H groups in total. The van der Waals surface area contributed by atoms with Crippen LogP contribution in [0.4, 0.5) is 0 Å². The lowest BCUT2D eigenvalue weighted by atomic mass is 10.2. The Balaban J connectivity index is 2.02. The molecule has 1 atom stereocenters. The van der Waals surface area contributed by atoms with Gasteiger partial charge in [-0.2, -0.15) is 0 Å². The lowest BCUT2D eigenvalue weighted by Gasteiger charge is -2.17. The Kier molecular flexibility index (Phi) is 4.27. The molecule has 1 aliphatic carbocycles. The van der Waals surface area contributed by atoms with Crippen LogP contribution in [0.25, 0.3) is 0 Å². The summed E-state index contributed by atoms with van der Waals surface area (Å²) in [6, 6.07) is 5.80. The van der Waals surface area contributed by atoms with Gasteiger partial charge in [-0.25, -0.2) is 0 Å². The Bertz CT molecular complexity index is 458. The van der Waals surface area contributed by atoms with E-state index in [1.807, 2.05) is 12.1 Å². The van der Waals surface area contributed by atoms with Crippen molar-refractivity contribution in [2.75, 3.05) is 7.11 Å². The number of rotatable bonds is 6. The number of nitrogens with two attached hydrogens (primary N) is 1. The Morgan fingerprint density at radius 3 is 2.79 bits per heavy atom. The summed E-state index contributed by atoms with van der Waals surface area (Å²) in [5.41, 5.74) is 6.53. The van der Waals surface area contributed by atoms with E-state index in [0.29, 0.717) is 24.1 Å². The van der Waals surface area contributed by atoms with Crippen LogP contribution in [0.1, 0.15) is 25.3 Å². The van der Waals surface area contributed by atoms with Gasteiger partial charge in [-0.3, -0.25) is 4.79 Å². The van der Waals surface area contributed by atoms with Crippen molar-refractivity contribution >= 4 is 5.91 Å². The third kappa shape index (κ3) is 3.61. The average Bonchev–Trinajstić information content (AvgIpc) is 3.22. The van der Waals surface area contributed by atoms with E-state index in [2.05, 4.69) is 5.32 Å². The minimum Gasteiger partial charge on any atom is -0.493 e. The minimum absolute atomic E-state index is 0.0903. The number of hydrogen-bond acceptors (Lipinski definition) is 4. The zero-order chi connectivity index (χ0) is 13.8. The van der Waals surface area contributed by atoms with Crippen LogP contribution in [0, 0.1) is 0 Å². The van der Waals surface area contributed by atoms with Crippen LogP contribution in [0.5, 0.6) is 11.5 Å². The van der Waals surface area contributed by atoms with Crippen LogP contribution >= 0.6 is 0 Å². The molecule has 0 spiro atoms. The van der Waals surface area contributed by atoms with E-state index in [4.69, 9.17) is 15.2 Å². The fourth-order valence-corrected chi connectivity index (χ4v) is 1.73. The second-order valence-corrected chi connectivity index (χ2v) is 4.73. The van der Waals surface area contributed by atoms with Gasteiger partial charge >= 0.3 is 0 Å². The topological polar surface area (TPSA) is 73.6 Å². The van der Waals surface area contributed by atoms with Gasteiger partial charge in [-0.15, -0.1) is 0 Å². The van der Waals surface area contributed by atoms with Gasteiger partial charge < -0.3 is 20.5 Å². The predicted octanol–water partition coefficient (Wildman–Crippen LogP) is 1.20. The molecular weight excluding hydrogens is 244 g/mol. The number of hydrogen-bond donors (Lipinski definition) is 2. The summed E-state index contributed by atoms with van der Waals surface area (Å²) in [5.74, 6) is 1.06. The van der Waals surface area contributed by atoms with Gasteiger partial charge in [-0.05, 0) is 37.5 Å². The van der Waals surface area contributed by atoms with Crippen molar-refractivity contribution in [3.05, 3.63) is 23.8 Å². The molecule has 19 heavy (non-hydrogen) atoms. The van der Waals surface area contributed by atoms with Crippen molar-refractivity contribution in [2.24, 2.45) is 5.73 Å². The molecular formula is C14H20N2O3. The van der Waals surface area contributed by atoms with Crippen molar-refractivity contribution in [2.45, 2.75) is 38.5 Å². The first-order valence-electron chi connectivity index (χ1n) is 6.48. The normalized spacial score (nSPS) is 15.7. The van der Waals surface area contributed by atoms with E-state index in [9.17, 15) is 4.79 Å². The molecule has 1 unspecified atom stereocenters. The maximum absolute atomic E-state index is 11.8. The monoisotopic (exact) mass is 264 g/mol. The van der Waals surface area contributed by atoms with Gasteiger partial charge in [0, 0.05) is 12.6 Å². The van der Waals surface area contributed by atoms with Gasteiger partial charge in [-0.1, -0.05) is 6.07 Å². The van der Waals surface area contributed by atoms with Crippen LogP contribution in [-0.4, -0.2) is 25.2 Å². The van der Waals surface area contributed by atoms with E-state index in [1.165, 1.54) is 0 Å². The highest BCUT2D eigenvalue weighted by Gasteiger charge is 2.26. The fourth-order valence-electron chi connectivity index (χ4n) is 1.73. The summed E-state index contributed by atoms with van der Waals surface area (Å²) >= 11 is 0. The quantitative estimate of drug-likeness (QED) is 0.809. The molecule has 1 fully saturated rings. The second kappa shape index (κ2) is 5.93. The van der Waals surface area contributed by atoms with Gasteiger partial charge in [0.05, 0.1) is 7.11 Å². The third-order valence-corrected chi connectivity index (χ3v) is 3.06. The number of carbonyl (C=O) groups is 1. The van der Waals surface area contributed by atoms with E-state index < -0.39 is 6.10 Å². The largest absolute Gasteiger partial charge is 0.493 e. The summed E-state index contributed by atoms with van der Waals surface area (Å²) in [7, 11) is 1.57. The molecule has 5 nitrogen and oxygen atoms in total. The summed E-state index contributed by atoms with van der Waals surface area (Å²) in [6.07, 6.45) is 1.58. The number of nitrogens with one attached hydrogen (secondary N) is 1. The highest BCUT2D eigenvalue weighted by atomic mass is 16.5. The fraction of sp³-hybridized carbons (Fsp3) is 0.500. The lowest BCUT2D eigenvalue weighted by molar-refractivity contribution is -0.127. The van der Waals surface area contributed by atoms with Gasteiger partial charge in [0.1, 0.15) is 0 Å². The van der Waals surface area contributed by atoms with Crippen LogP contribution in [0.2, 0.25) is 0 Å². The Hall–Kier alpha value is -1.75. The SMILES string of the molecule is COc1cc(CN)ccc1OC(C)C(=O)NC1CC1. The predicted molar refractivity (Wildman–Crippen MR) is 72.1 cm³/mol. The molecule has 0 bridgehead atoms. The zero-order valence-electron chi connectivity index (χ0n) is 11.3. The smallest absolute Gasteiger partial charge is 0.260 e. The molecule has 104 valence electrons. The first-order chi connectivity index (χ1) is 9.13. The summed E-state index contributed by atoms with van der Waals surface area (Å²) in [5, 5.41) is 2.91. The van der Waals surface area contributed by atoms with Gasteiger partial charge in [0.2, 0.25) is 0 Å². The molecule has 0 radical (unpaired) electrons. The highest BCUT2D eigenvalue weighted by Crippen LogP contribution is 2.29. The highest BCUT2D eigenvalue weighted by molar-refractivity contribution is 5.81. The molecule has 1 saturated carbocycles. The van der Waals surface area contributed by atoms with E-state index in [1.54, 1.807) is 20.1 Å². The molecule has 0 aliphatic heterocycles. The number of carbonyl (C=O) groups excluding carboxylic acids is 1.